The average Bonchev–Trinajstić information content (AvgIpc) is 3.42. The van der Waals surface area contributed by atoms with E-state index in [1.165, 1.54) is 0 Å². The van der Waals surface area contributed by atoms with Gasteiger partial charge in [-0.15, -0.1) is 0 Å². The molecular weight excluding hydrogens is 462 g/mol. The summed E-state index contributed by atoms with van der Waals surface area (Å²) in [5, 5.41) is 4.05. The van der Waals surface area contributed by atoms with E-state index in [2.05, 4.69) is 0 Å². The Kier molecular flexibility index (Phi) is 5.20. The van der Waals surface area contributed by atoms with Gasteiger partial charge in [0.25, 0.3) is 5.56 Å². The van der Waals surface area contributed by atoms with Crippen molar-refractivity contribution < 1.29 is 18.9 Å². The molecule has 0 N–H and O–H groups in total. The van der Waals surface area contributed by atoms with Crippen LogP contribution in [0.3, 0.4) is 0 Å². The molecule has 0 spiro atoms. The molecule has 2 aromatic heterocycles. The van der Waals surface area contributed by atoms with Gasteiger partial charge in [-0.2, -0.15) is 11.3 Å². The number of benzene rings is 2. The zero-order chi connectivity index (χ0) is 24.2. The minimum atomic E-state index is -1.02. The summed E-state index contributed by atoms with van der Waals surface area (Å²) in [6, 6.07) is 17.8. The van der Waals surface area contributed by atoms with Crippen molar-refractivity contribution in [2.75, 3.05) is 14.2 Å². The number of methoxy groups -OCH3 is 2. The lowest BCUT2D eigenvalue weighted by molar-refractivity contribution is -0.237. The number of rotatable bonds is 5. The maximum atomic E-state index is 14.0. The molecule has 7 heteroatoms. The maximum Gasteiger partial charge on any atom is 0.261 e. The normalized spacial score (nSPS) is 19.9. The van der Waals surface area contributed by atoms with Gasteiger partial charge in [0.2, 0.25) is 5.79 Å². The van der Waals surface area contributed by atoms with Crippen LogP contribution >= 0.6 is 11.3 Å². The van der Waals surface area contributed by atoms with Crippen LogP contribution in [0.15, 0.2) is 70.2 Å². The van der Waals surface area contributed by atoms with Crippen LogP contribution in [0.25, 0.3) is 0 Å². The Balaban J connectivity index is 1.57. The second-order valence-corrected chi connectivity index (χ2v) is 9.67. The summed E-state index contributed by atoms with van der Waals surface area (Å²) in [6.07, 6.45) is -0.112. The van der Waals surface area contributed by atoms with Crippen LogP contribution in [-0.4, -0.2) is 18.8 Å². The second-order valence-electron chi connectivity index (χ2n) is 8.89. The number of fused-ring (bicyclic) bond motifs is 6. The largest absolute Gasteiger partial charge is 0.493 e. The SMILES string of the molecule is COc1cc2c(cc1OC)[C@@H]1O[C@](c3ccsc3)(C2)Oc2cc(C)n(Cc3ccccc3)c(=O)c21. The lowest BCUT2D eigenvalue weighted by Gasteiger charge is -2.46. The third kappa shape index (κ3) is 3.46. The Morgan fingerprint density at radius 3 is 2.57 bits per heavy atom. The fraction of sp³-hybridized carbons (Fsp3) is 0.250. The van der Waals surface area contributed by atoms with Crippen LogP contribution in [-0.2, 0) is 23.5 Å². The molecule has 2 aliphatic rings. The Bertz CT molecular complexity index is 1460. The molecule has 4 aromatic rings. The number of aryl methyl sites for hydroxylation is 1. The molecular formula is C28H25NO5S. The van der Waals surface area contributed by atoms with Gasteiger partial charge >= 0.3 is 0 Å². The molecule has 178 valence electrons. The summed E-state index contributed by atoms with van der Waals surface area (Å²) in [6.45, 7) is 2.41. The molecule has 0 saturated carbocycles. The first-order valence-electron chi connectivity index (χ1n) is 11.5. The van der Waals surface area contributed by atoms with Gasteiger partial charge < -0.3 is 23.5 Å². The van der Waals surface area contributed by atoms with Gasteiger partial charge in [0.1, 0.15) is 11.9 Å². The zero-order valence-corrected chi connectivity index (χ0v) is 20.6. The highest BCUT2D eigenvalue weighted by Gasteiger charge is 2.50. The van der Waals surface area contributed by atoms with Crippen LogP contribution < -0.4 is 19.8 Å². The van der Waals surface area contributed by atoms with Crippen molar-refractivity contribution in [2.24, 2.45) is 0 Å². The van der Waals surface area contributed by atoms with Gasteiger partial charge in [0.05, 0.1) is 26.3 Å². The molecule has 35 heavy (non-hydrogen) atoms. The fourth-order valence-corrected chi connectivity index (χ4v) is 5.80. The summed E-state index contributed by atoms with van der Waals surface area (Å²) < 4.78 is 26.2. The van der Waals surface area contributed by atoms with Crippen molar-refractivity contribution >= 4 is 11.3 Å². The van der Waals surface area contributed by atoms with Crippen molar-refractivity contribution in [3.8, 4) is 17.2 Å². The number of thiophene rings is 1. The van der Waals surface area contributed by atoms with E-state index in [4.69, 9.17) is 18.9 Å². The van der Waals surface area contributed by atoms with Crippen LogP contribution in [0.2, 0.25) is 0 Å². The zero-order valence-electron chi connectivity index (χ0n) is 19.7. The lowest BCUT2D eigenvalue weighted by Crippen LogP contribution is -2.48. The Hall–Kier alpha value is -3.55. The highest BCUT2D eigenvalue weighted by atomic mass is 32.1. The standard InChI is InChI=1S/C28H25NO5S/c1-17-11-24-25(27(30)29(17)15-18-7-5-4-6-8-18)26-21-13-23(32-3)22(31-2)12-19(21)14-28(33-24,34-26)20-9-10-35-16-20/h4-13,16,26H,14-15H2,1-3H3/t26-,28-/m0/s1. The predicted octanol–water partition coefficient (Wildman–Crippen LogP) is 5.19. The molecule has 0 fully saturated rings. The van der Waals surface area contributed by atoms with Crippen LogP contribution in [0.5, 0.6) is 17.2 Å². The molecule has 0 radical (unpaired) electrons. The summed E-state index contributed by atoms with van der Waals surface area (Å²) in [5.41, 5.74) is 5.12. The highest BCUT2D eigenvalue weighted by molar-refractivity contribution is 7.08. The van der Waals surface area contributed by atoms with Gasteiger partial charge in [-0.05, 0) is 47.2 Å². The number of aromatic nitrogens is 1. The first-order chi connectivity index (χ1) is 17.0. The van der Waals surface area contributed by atoms with E-state index in [-0.39, 0.29) is 5.56 Å². The smallest absolute Gasteiger partial charge is 0.261 e. The molecule has 0 saturated heterocycles. The summed E-state index contributed by atoms with van der Waals surface area (Å²) in [7, 11) is 3.23. The van der Waals surface area contributed by atoms with E-state index in [0.29, 0.717) is 35.8 Å². The first kappa shape index (κ1) is 21.9. The van der Waals surface area contributed by atoms with Gasteiger partial charge in [-0.3, -0.25) is 4.79 Å². The van der Waals surface area contributed by atoms with E-state index >= 15 is 0 Å². The molecule has 2 atom stereocenters. The summed E-state index contributed by atoms with van der Waals surface area (Å²) in [4.78, 5) is 14.0. The summed E-state index contributed by atoms with van der Waals surface area (Å²) in [5.74, 6) is 0.786. The Morgan fingerprint density at radius 1 is 1.09 bits per heavy atom. The molecule has 6 nitrogen and oxygen atoms in total. The third-order valence-electron chi connectivity index (χ3n) is 6.85. The van der Waals surface area contributed by atoms with Crippen molar-refractivity contribution in [2.45, 2.75) is 31.8 Å². The number of hydrogen-bond acceptors (Lipinski definition) is 6. The van der Waals surface area contributed by atoms with Crippen molar-refractivity contribution in [3.05, 3.63) is 109 Å². The molecule has 2 bridgehead atoms. The average molecular weight is 488 g/mol. The van der Waals surface area contributed by atoms with Crippen molar-refractivity contribution in [1.29, 1.82) is 0 Å². The highest BCUT2D eigenvalue weighted by Crippen LogP contribution is 2.53. The third-order valence-corrected chi connectivity index (χ3v) is 7.53. The fourth-order valence-electron chi connectivity index (χ4n) is 5.09. The number of ether oxygens (including phenoxy) is 4. The second kappa shape index (κ2) is 8.29. The summed E-state index contributed by atoms with van der Waals surface area (Å²) >= 11 is 1.59. The number of pyridine rings is 1. The monoisotopic (exact) mass is 487 g/mol. The minimum Gasteiger partial charge on any atom is -0.493 e. The number of hydrogen-bond donors (Lipinski definition) is 0. The van der Waals surface area contributed by atoms with Crippen LogP contribution in [0, 0.1) is 6.92 Å². The van der Waals surface area contributed by atoms with E-state index in [9.17, 15) is 4.79 Å². The van der Waals surface area contributed by atoms with Crippen LogP contribution in [0.1, 0.15) is 39.6 Å². The van der Waals surface area contributed by atoms with Gasteiger partial charge in [0, 0.05) is 29.1 Å². The van der Waals surface area contributed by atoms with Gasteiger partial charge in [-0.25, -0.2) is 0 Å². The minimum absolute atomic E-state index is 0.115. The topological polar surface area (TPSA) is 58.9 Å². The molecule has 2 aromatic carbocycles. The van der Waals surface area contributed by atoms with E-state index in [1.54, 1.807) is 30.1 Å². The first-order valence-corrected chi connectivity index (χ1v) is 12.4. The van der Waals surface area contributed by atoms with Gasteiger partial charge in [-0.1, -0.05) is 30.3 Å². The van der Waals surface area contributed by atoms with Crippen molar-refractivity contribution in [1.82, 2.24) is 4.57 Å². The molecule has 6 rings (SSSR count). The maximum absolute atomic E-state index is 14.0. The molecule has 0 unspecified atom stereocenters. The van der Waals surface area contributed by atoms with E-state index < -0.39 is 11.9 Å². The molecule has 0 aliphatic carbocycles. The van der Waals surface area contributed by atoms with E-state index in [0.717, 1.165) is 27.9 Å². The predicted molar refractivity (Wildman–Crippen MR) is 134 cm³/mol. The molecule has 4 heterocycles. The Morgan fingerprint density at radius 2 is 1.86 bits per heavy atom. The quantitative estimate of drug-likeness (QED) is 0.388. The van der Waals surface area contributed by atoms with Crippen LogP contribution in [0.4, 0.5) is 0 Å². The van der Waals surface area contributed by atoms with Gasteiger partial charge in [0.15, 0.2) is 11.5 Å². The Labute approximate surface area is 207 Å². The van der Waals surface area contributed by atoms with Crippen molar-refractivity contribution in [3.63, 3.8) is 0 Å². The van der Waals surface area contributed by atoms with E-state index in [1.807, 2.05) is 72.3 Å². The number of nitrogens with zero attached hydrogens (tertiary/aromatic N) is 1. The molecule has 0 amide bonds. The molecule has 2 aliphatic heterocycles. The lowest BCUT2D eigenvalue weighted by atomic mass is 9.85.